The van der Waals surface area contributed by atoms with Gasteiger partial charge in [-0.1, -0.05) is 29.8 Å². The third-order valence-corrected chi connectivity index (χ3v) is 5.21. The van der Waals surface area contributed by atoms with Gasteiger partial charge in [0.1, 0.15) is 11.2 Å². The van der Waals surface area contributed by atoms with Gasteiger partial charge in [-0.3, -0.25) is 20.0 Å². The largest absolute Gasteiger partial charge is 0.337 e. The Bertz CT molecular complexity index is 901. The van der Waals surface area contributed by atoms with E-state index >= 15 is 0 Å². The molecule has 0 radical (unpaired) electrons. The van der Waals surface area contributed by atoms with Crippen LogP contribution < -0.4 is 10.6 Å². The predicted molar refractivity (Wildman–Crippen MR) is 93.6 cm³/mol. The Labute approximate surface area is 153 Å². The Balaban J connectivity index is 1.47. The molecule has 9 heteroatoms. The minimum Gasteiger partial charge on any atom is -0.337 e. The van der Waals surface area contributed by atoms with E-state index in [9.17, 15) is 14.4 Å². The molecule has 3 N–H and O–H groups in total. The molecule has 0 aliphatic carbocycles. The van der Waals surface area contributed by atoms with Gasteiger partial charge in [0.05, 0.1) is 10.7 Å². The number of carbonyl (C=O) groups excluding carboxylic acids is 3. The number of imide groups is 1. The number of nitrogens with zero attached hydrogens (tertiary/aromatic N) is 2. The molecule has 1 aromatic heterocycles. The Hall–Kier alpha value is -2.87. The number of hydrogen-bond donors (Lipinski definition) is 3. The Morgan fingerprint density at radius 1 is 1.19 bits per heavy atom. The van der Waals surface area contributed by atoms with Crippen molar-refractivity contribution in [2.75, 3.05) is 13.1 Å². The molecule has 4 rings (SSSR count). The van der Waals surface area contributed by atoms with Crippen molar-refractivity contribution in [3.8, 4) is 11.3 Å². The standard InChI is InChI=1S/C17H16ClN5O3/c18-11-4-2-1-3-10(11)12-9-13(22-21-12)14(24)23-7-5-17(6-8-23)15(25)19-16(26)20-17/h1-4,9H,5-8H2,(H,21,22)(H2,19,20,25,26). The average Bonchev–Trinajstić information content (AvgIpc) is 3.21. The highest BCUT2D eigenvalue weighted by Crippen LogP contribution is 2.28. The van der Waals surface area contributed by atoms with Crippen molar-refractivity contribution in [2.24, 2.45) is 0 Å². The molecule has 4 amide bonds. The summed E-state index contributed by atoms with van der Waals surface area (Å²) in [5.41, 5.74) is 0.794. The van der Waals surface area contributed by atoms with Gasteiger partial charge in [-0.25, -0.2) is 4.79 Å². The lowest BCUT2D eigenvalue weighted by atomic mass is 9.87. The molecule has 1 aromatic carbocycles. The summed E-state index contributed by atoms with van der Waals surface area (Å²) >= 11 is 6.17. The summed E-state index contributed by atoms with van der Waals surface area (Å²) < 4.78 is 0. The molecule has 3 heterocycles. The summed E-state index contributed by atoms with van der Waals surface area (Å²) in [6, 6.07) is 8.45. The van der Waals surface area contributed by atoms with Crippen LogP contribution in [0.1, 0.15) is 23.3 Å². The SMILES string of the molecule is O=C1NC(=O)C2(CCN(C(=O)c3cc(-c4ccccc4Cl)n[nH]3)CC2)N1. The van der Waals surface area contributed by atoms with Crippen LogP contribution in [0.4, 0.5) is 4.79 Å². The molecule has 0 bridgehead atoms. The van der Waals surface area contributed by atoms with Crippen LogP contribution in [-0.2, 0) is 4.79 Å². The van der Waals surface area contributed by atoms with E-state index in [2.05, 4.69) is 20.8 Å². The highest BCUT2D eigenvalue weighted by atomic mass is 35.5. The van der Waals surface area contributed by atoms with E-state index < -0.39 is 11.6 Å². The molecule has 26 heavy (non-hydrogen) atoms. The maximum absolute atomic E-state index is 12.7. The molecule has 2 saturated heterocycles. The molecule has 1 spiro atoms. The van der Waals surface area contributed by atoms with E-state index in [0.717, 1.165) is 5.56 Å². The third kappa shape index (κ3) is 2.72. The van der Waals surface area contributed by atoms with Gasteiger partial charge in [-0.2, -0.15) is 5.10 Å². The minimum atomic E-state index is -0.898. The van der Waals surface area contributed by atoms with E-state index in [1.807, 2.05) is 18.2 Å². The number of carbonyl (C=O) groups is 3. The van der Waals surface area contributed by atoms with Crippen molar-refractivity contribution in [1.82, 2.24) is 25.7 Å². The van der Waals surface area contributed by atoms with E-state index in [1.165, 1.54) is 0 Å². The Kier molecular flexibility index (Phi) is 3.91. The van der Waals surface area contributed by atoms with Gasteiger partial charge in [0.2, 0.25) is 0 Å². The molecular formula is C17H16ClN5O3. The number of aromatic amines is 1. The number of rotatable bonds is 2. The average molecular weight is 374 g/mol. The number of nitrogens with one attached hydrogen (secondary N) is 3. The van der Waals surface area contributed by atoms with Gasteiger partial charge in [-0.15, -0.1) is 0 Å². The topological polar surface area (TPSA) is 107 Å². The maximum Gasteiger partial charge on any atom is 0.322 e. The van der Waals surface area contributed by atoms with Crippen molar-refractivity contribution in [2.45, 2.75) is 18.4 Å². The molecule has 8 nitrogen and oxygen atoms in total. The van der Waals surface area contributed by atoms with Crippen molar-refractivity contribution in [1.29, 1.82) is 0 Å². The molecule has 134 valence electrons. The highest BCUT2D eigenvalue weighted by molar-refractivity contribution is 6.33. The van der Waals surface area contributed by atoms with Gasteiger partial charge in [0, 0.05) is 18.7 Å². The maximum atomic E-state index is 12.7. The summed E-state index contributed by atoms with van der Waals surface area (Å²) in [6.45, 7) is 0.736. The quantitative estimate of drug-likeness (QED) is 0.694. The van der Waals surface area contributed by atoms with Gasteiger partial charge < -0.3 is 10.2 Å². The van der Waals surface area contributed by atoms with Crippen LogP contribution in [0.2, 0.25) is 5.02 Å². The van der Waals surface area contributed by atoms with Crippen LogP contribution in [0.15, 0.2) is 30.3 Å². The smallest absolute Gasteiger partial charge is 0.322 e. The fourth-order valence-electron chi connectivity index (χ4n) is 3.38. The molecule has 2 fully saturated rings. The molecule has 0 saturated carbocycles. The molecule has 0 unspecified atom stereocenters. The first-order valence-corrected chi connectivity index (χ1v) is 8.59. The van der Waals surface area contributed by atoms with E-state index in [0.29, 0.717) is 42.3 Å². The lowest BCUT2D eigenvalue weighted by Crippen LogP contribution is -2.55. The lowest BCUT2D eigenvalue weighted by Gasteiger charge is -2.36. The van der Waals surface area contributed by atoms with Crippen molar-refractivity contribution in [3.05, 3.63) is 41.0 Å². The lowest BCUT2D eigenvalue weighted by molar-refractivity contribution is -0.125. The first-order valence-electron chi connectivity index (χ1n) is 8.22. The van der Waals surface area contributed by atoms with Crippen LogP contribution in [-0.4, -0.2) is 51.6 Å². The number of likely N-dealkylation sites (tertiary alicyclic amines) is 1. The number of piperidine rings is 1. The summed E-state index contributed by atoms with van der Waals surface area (Å²) in [4.78, 5) is 37.7. The fourth-order valence-corrected chi connectivity index (χ4v) is 3.61. The number of halogens is 1. The normalized spacial score (nSPS) is 18.7. The number of hydrogen-bond acceptors (Lipinski definition) is 4. The molecule has 2 aromatic rings. The van der Waals surface area contributed by atoms with Crippen LogP contribution in [0.25, 0.3) is 11.3 Å². The zero-order chi connectivity index (χ0) is 18.3. The first kappa shape index (κ1) is 16.6. The number of H-pyrrole nitrogens is 1. The summed E-state index contributed by atoms with van der Waals surface area (Å²) in [5.74, 6) is -0.521. The van der Waals surface area contributed by atoms with Crippen molar-refractivity contribution in [3.63, 3.8) is 0 Å². The second-order valence-electron chi connectivity index (χ2n) is 6.43. The predicted octanol–water partition coefficient (Wildman–Crippen LogP) is 1.54. The van der Waals surface area contributed by atoms with E-state index in [4.69, 9.17) is 11.6 Å². The number of amides is 4. The Morgan fingerprint density at radius 3 is 2.58 bits per heavy atom. The zero-order valence-corrected chi connectivity index (χ0v) is 14.5. The Morgan fingerprint density at radius 2 is 1.92 bits per heavy atom. The molecular weight excluding hydrogens is 358 g/mol. The van der Waals surface area contributed by atoms with Gasteiger partial charge in [0.25, 0.3) is 11.8 Å². The van der Waals surface area contributed by atoms with Crippen molar-refractivity contribution < 1.29 is 14.4 Å². The fraction of sp³-hybridized carbons (Fsp3) is 0.294. The van der Waals surface area contributed by atoms with Crippen LogP contribution >= 0.6 is 11.6 Å². The van der Waals surface area contributed by atoms with Crippen LogP contribution in [0.3, 0.4) is 0 Å². The van der Waals surface area contributed by atoms with E-state index in [-0.39, 0.29) is 11.8 Å². The number of urea groups is 1. The number of aromatic nitrogens is 2. The van der Waals surface area contributed by atoms with Gasteiger partial charge in [0.15, 0.2) is 0 Å². The van der Waals surface area contributed by atoms with Gasteiger partial charge in [-0.05, 0) is 25.0 Å². The van der Waals surface area contributed by atoms with Gasteiger partial charge >= 0.3 is 6.03 Å². The first-order chi connectivity index (χ1) is 12.5. The minimum absolute atomic E-state index is 0.199. The van der Waals surface area contributed by atoms with Crippen LogP contribution in [0.5, 0.6) is 0 Å². The molecule has 0 atom stereocenters. The number of benzene rings is 1. The zero-order valence-electron chi connectivity index (χ0n) is 13.7. The summed E-state index contributed by atoms with van der Waals surface area (Å²) in [7, 11) is 0. The second-order valence-corrected chi connectivity index (χ2v) is 6.84. The molecule has 2 aliphatic rings. The second kappa shape index (κ2) is 6.14. The highest BCUT2D eigenvalue weighted by Gasteiger charge is 2.48. The molecule has 2 aliphatic heterocycles. The third-order valence-electron chi connectivity index (χ3n) is 4.88. The summed E-state index contributed by atoms with van der Waals surface area (Å²) in [6.07, 6.45) is 0.754. The van der Waals surface area contributed by atoms with Crippen LogP contribution in [0, 0.1) is 0 Å². The van der Waals surface area contributed by atoms with E-state index in [1.54, 1.807) is 17.0 Å². The monoisotopic (exact) mass is 373 g/mol. The summed E-state index contributed by atoms with van der Waals surface area (Å²) in [5, 5.41) is 12.4. The van der Waals surface area contributed by atoms with Crippen molar-refractivity contribution >= 4 is 29.4 Å².